The average molecular weight is 472 g/mol. The molecular formula is C21H18ClN5O4S. The van der Waals surface area contributed by atoms with Crippen molar-refractivity contribution in [1.29, 1.82) is 0 Å². The van der Waals surface area contributed by atoms with Crippen molar-refractivity contribution in [2.24, 2.45) is 0 Å². The number of non-ortho nitro benzene ring substituents is 1. The molecule has 1 saturated heterocycles. The Kier molecular flexibility index (Phi) is 6.42. The predicted molar refractivity (Wildman–Crippen MR) is 123 cm³/mol. The van der Waals surface area contributed by atoms with Crippen molar-refractivity contribution in [2.75, 3.05) is 18.0 Å². The number of thioether (sulfide) groups is 1. The Bertz CT molecular complexity index is 1190. The number of hydrogen-bond acceptors (Lipinski definition) is 7. The van der Waals surface area contributed by atoms with Crippen molar-refractivity contribution >= 4 is 46.8 Å². The number of aliphatic carboxylic acids is 1. The summed E-state index contributed by atoms with van der Waals surface area (Å²) in [5, 5.41) is 28.7. The van der Waals surface area contributed by atoms with Crippen LogP contribution in [0.1, 0.15) is 18.4 Å². The zero-order valence-electron chi connectivity index (χ0n) is 16.7. The van der Waals surface area contributed by atoms with E-state index < -0.39 is 10.9 Å². The zero-order chi connectivity index (χ0) is 22.7. The molecule has 0 amide bonds. The first-order chi connectivity index (χ1) is 15.4. The van der Waals surface area contributed by atoms with E-state index in [2.05, 4.69) is 20.1 Å². The molecule has 2 aromatic carbocycles. The van der Waals surface area contributed by atoms with Gasteiger partial charge in [-0.15, -0.1) is 5.10 Å². The van der Waals surface area contributed by atoms with Crippen LogP contribution >= 0.6 is 23.4 Å². The lowest BCUT2D eigenvalue weighted by Gasteiger charge is -2.20. The van der Waals surface area contributed by atoms with Gasteiger partial charge in [0.05, 0.1) is 4.92 Å². The quantitative estimate of drug-likeness (QED) is 0.217. The van der Waals surface area contributed by atoms with Gasteiger partial charge in [0.2, 0.25) is 5.16 Å². The molecule has 4 rings (SSSR count). The normalized spacial score (nSPS) is 14.0. The van der Waals surface area contributed by atoms with E-state index in [1.807, 2.05) is 0 Å². The van der Waals surface area contributed by atoms with Gasteiger partial charge in [-0.3, -0.25) is 15.2 Å². The van der Waals surface area contributed by atoms with Gasteiger partial charge < -0.3 is 10.0 Å². The summed E-state index contributed by atoms with van der Waals surface area (Å²) in [5.74, 6) is -0.700. The molecule has 0 bridgehead atoms. The van der Waals surface area contributed by atoms with E-state index in [4.69, 9.17) is 11.6 Å². The lowest BCUT2D eigenvalue weighted by molar-refractivity contribution is -0.384. The fourth-order valence-electron chi connectivity index (χ4n) is 3.42. The molecule has 0 spiro atoms. The summed E-state index contributed by atoms with van der Waals surface area (Å²) in [4.78, 5) is 29.1. The highest BCUT2D eigenvalue weighted by atomic mass is 35.5. The molecule has 0 unspecified atom stereocenters. The number of rotatable bonds is 7. The van der Waals surface area contributed by atoms with Crippen LogP contribution in [0.3, 0.4) is 0 Å². The second-order valence-electron chi connectivity index (χ2n) is 7.08. The van der Waals surface area contributed by atoms with Gasteiger partial charge in [0.1, 0.15) is 4.91 Å². The summed E-state index contributed by atoms with van der Waals surface area (Å²) < 4.78 is 0. The first-order valence-electron chi connectivity index (χ1n) is 9.75. The van der Waals surface area contributed by atoms with Crippen LogP contribution in [0.5, 0.6) is 0 Å². The van der Waals surface area contributed by atoms with Gasteiger partial charge in [0.25, 0.3) is 5.69 Å². The van der Waals surface area contributed by atoms with Crippen molar-refractivity contribution in [1.82, 2.24) is 15.2 Å². The number of carboxylic acids is 1. The van der Waals surface area contributed by atoms with E-state index in [-0.39, 0.29) is 15.7 Å². The molecule has 9 nitrogen and oxygen atoms in total. The summed E-state index contributed by atoms with van der Waals surface area (Å²) in [6.07, 6.45) is 3.47. The molecule has 32 heavy (non-hydrogen) atoms. The van der Waals surface area contributed by atoms with Crippen LogP contribution in [0, 0.1) is 10.1 Å². The highest BCUT2D eigenvalue weighted by Crippen LogP contribution is 2.33. The molecule has 1 aromatic heterocycles. The molecule has 3 aromatic rings. The van der Waals surface area contributed by atoms with Crippen LogP contribution in [-0.4, -0.2) is 44.3 Å². The number of H-pyrrole nitrogens is 1. The standard InChI is InChI=1S/C21H18ClN5O4S/c22-15-5-3-13(4-6-15)19-23-21(25-24-19)32-18(20(28)29)12-14-11-16(27(30)31)7-8-17(14)26-9-1-2-10-26/h3-8,11-12H,1-2,9-10H2,(H,28,29)(H,23,24,25)/b18-12+. The smallest absolute Gasteiger partial charge is 0.342 e. The number of carboxylic acid groups (broad SMARTS) is 1. The fraction of sp³-hybridized carbons (Fsp3) is 0.190. The highest BCUT2D eigenvalue weighted by molar-refractivity contribution is 8.04. The molecular weight excluding hydrogens is 454 g/mol. The van der Waals surface area contributed by atoms with Crippen LogP contribution < -0.4 is 4.90 Å². The molecule has 2 heterocycles. The summed E-state index contributed by atoms with van der Waals surface area (Å²) in [5.41, 5.74) is 1.89. The van der Waals surface area contributed by atoms with E-state index >= 15 is 0 Å². The molecule has 0 radical (unpaired) electrons. The Balaban J connectivity index is 1.66. The van der Waals surface area contributed by atoms with Crippen LogP contribution in [0.4, 0.5) is 11.4 Å². The second-order valence-corrected chi connectivity index (χ2v) is 8.53. The van der Waals surface area contributed by atoms with Gasteiger partial charge in [-0.25, -0.2) is 9.78 Å². The number of halogens is 1. The third-order valence-corrected chi connectivity index (χ3v) is 6.08. The highest BCUT2D eigenvalue weighted by Gasteiger charge is 2.20. The van der Waals surface area contributed by atoms with E-state index in [1.165, 1.54) is 18.2 Å². The minimum Gasteiger partial charge on any atom is -0.477 e. The molecule has 0 atom stereocenters. The van der Waals surface area contributed by atoms with E-state index in [0.29, 0.717) is 16.4 Å². The van der Waals surface area contributed by atoms with Gasteiger partial charge in [0.15, 0.2) is 5.82 Å². The maximum atomic E-state index is 12.0. The third-order valence-electron chi connectivity index (χ3n) is 4.95. The van der Waals surface area contributed by atoms with Crippen molar-refractivity contribution in [2.45, 2.75) is 18.0 Å². The first-order valence-corrected chi connectivity index (χ1v) is 10.9. The maximum absolute atomic E-state index is 12.0. The van der Waals surface area contributed by atoms with E-state index in [9.17, 15) is 20.0 Å². The third kappa shape index (κ3) is 4.92. The van der Waals surface area contributed by atoms with Crippen molar-refractivity contribution in [3.63, 3.8) is 0 Å². The number of carbonyl (C=O) groups is 1. The summed E-state index contributed by atoms with van der Waals surface area (Å²) in [6.45, 7) is 1.64. The molecule has 1 aliphatic rings. The number of nitro benzene ring substituents is 1. The Morgan fingerprint density at radius 1 is 1.22 bits per heavy atom. The Morgan fingerprint density at radius 2 is 1.94 bits per heavy atom. The molecule has 164 valence electrons. The topological polar surface area (TPSA) is 125 Å². The molecule has 1 aliphatic heterocycles. The maximum Gasteiger partial charge on any atom is 0.342 e. The number of anilines is 1. The molecule has 0 aliphatic carbocycles. The van der Waals surface area contributed by atoms with Gasteiger partial charge in [-0.05, 0) is 61.0 Å². The molecule has 1 fully saturated rings. The SMILES string of the molecule is O=C(O)/C(=C\c1cc([N+](=O)[O-])ccc1N1CCCC1)Sc1n[nH]c(-c2ccc(Cl)cc2)n1. The summed E-state index contributed by atoms with van der Waals surface area (Å²) >= 11 is 6.78. The predicted octanol–water partition coefficient (Wildman–Crippen LogP) is 4.85. The summed E-state index contributed by atoms with van der Waals surface area (Å²) in [6, 6.07) is 11.5. The number of hydrogen-bond donors (Lipinski definition) is 2. The van der Waals surface area contributed by atoms with Gasteiger partial charge in [-0.2, -0.15) is 0 Å². The largest absolute Gasteiger partial charge is 0.477 e. The monoisotopic (exact) mass is 471 g/mol. The van der Waals surface area contributed by atoms with Crippen molar-refractivity contribution in [3.05, 3.63) is 68.1 Å². The minimum absolute atomic E-state index is 0.0485. The first kappa shape index (κ1) is 21.8. The van der Waals surface area contributed by atoms with Crippen LogP contribution in [-0.2, 0) is 4.79 Å². The molecule has 2 N–H and O–H groups in total. The number of nitrogens with zero attached hydrogens (tertiary/aromatic N) is 4. The van der Waals surface area contributed by atoms with Gasteiger partial charge >= 0.3 is 5.97 Å². The Morgan fingerprint density at radius 3 is 2.59 bits per heavy atom. The van der Waals surface area contributed by atoms with E-state index in [0.717, 1.165) is 48.9 Å². The van der Waals surface area contributed by atoms with Crippen LogP contribution in [0.25, 0.3) is 17.5 Å². The molecule has 11 heteroatoms. The van der Waals surface area contributed by atoms with Crippen LogP contribution in [0.2, 0.25) is 5.02 Å². The van der Waals surface area contributed by atoms with Crippen molar-refractivity contribution < 1.29 is 14.8 Å². The number of nitrogens with one attached hydrogen (secondary N) is 1. The number of aromatic amines is 1. The van der Waals surface area contributed by atoms with E-state index in [1.54, 1.807) is 30.3 Å². The minimum atomic E-state index is -1.17. The van der Waals surface area contributed by atoms with Crippen molar-refractivity contribution in [3.8, 4) is 11.4 Å². The second kappa shape index (κ2) is 9.41. The fourth-order valence-corrected chi connectivity index (χ4v) is 4.24. The number of nitro groups is 1. The zero-order valence-corrected chi connectivity index (χ0v) is 18.3. The van der Waals surface area contributed by atoms with Crippen LogP contribution in [0.15, 0.2) is 52.5 Å². The Labute approximate surface area is 192 Å². The average Bonchev–Trinajstić information content (AvgIpc) is 3.46. The lowest BCUT2D eigenvalue weighted by Crippen LogP contribution is -2.18. The number of benzene rings is 2. The Hall–Kier alpha value is -3.37. The van der Waals surface area contributed by atoms with Gasteiger partial charge in [-0.1, -0.05) is 11.6 Å². The number of aromatic nitrogens is 3. The lowest BCUT2D eigenvalue weighted by atomic mass is 10.1. The van der Waals surface area contributed by atoms with Gasteiger partial charge in [0, 0.05) is 47.1 Å². The molecule has 0 saturated carbocycles. The summed E-state index contributed by atoms with van der Waals surface area (Å²) in [7, 11) is 0.